The van der Waals surface area contributed by atoms with Gasteiger partial charge in [-0.3, -0.25) is 0 Å². The highest BCUT2D eigenvalue weighted by Crippen LogP contribution is 2.26. The number of nitrogens with zero attached hydrogens (tertiary/aromatic N) is 2. The number of nitrogens with one attached hydrogen (secondary N) is 1. The van der Waals surface area contributed by atoms with Gasteiger partial charge in [0.1, 0.15) is 5.82 Å². The Kier molecular flexibility index (Phi) is 25.1. The molecule has 1 aromatic rings. The summed E-state index contributed by atoms with van der Waals surface area (Å²) in [6.07, 6.45) is 1.25. The van der Waals surface area contributed by atoms with Gasteiger partial charge in [-0.1, -0.05) is 34.1 Å². The van der Waals surface area contributed by atoms with Gasteiger partial charge in [-0.05, 0) is 56.0 Å². The fourth-order valence-electron chi connectivity index (χ4n) is 0.902. The van der Waals surface area contributed by atoms with Crippen LogP contribution in [-0.4, -0.2) is 45.4 Å². The minimum atomic E-state index is -3.81. The van der Waals surface area contributed by atoms with E-state index in [9.17, 15) is 0 Å². The number of hydrogen-bond acceptors (Lipinski definition) is 5. The predicted molar refractivity (Wildman–Crippen MR) is 120 cm³/mol. The molecule has 164 valence electrons. The van der Waals surface area contributed by atoms with Gasteiger partial charge in [-0.2, -0.15) is 0 Å². The van der Waals surface area contributed by atoms with E-state index < -0.39 is 13.4 Å². The largest absolute Gasteiger partial charge is 0.368 e. The molecule has 0 fully saturated rings. The van der Waals surface area contributed by atoms with Crippen LogP contribution in [0.25, 0.3) is 0 Å². The molecule has 7 N–H and O–H groups in total. The van der Waals surface area contributed by atoms with Crippen molar-refractivity contribution in [1.29, 1.82) is 0 Å². The van der Waals surface area contributed by atoms with Crippen LogP contribution in [0.1, 0.15) is 53.7 Å². The Morgan fingerprint density at radius 3 is 1.52 bits per heavy atom. The summed E-state index contributed by atoms with van der Waals surface area (Å²) < 4.78 is 0. The first-order valence-corrected chi connectivity index (χ1v) is 13.5. The van der Waals surface area contributed by atoms with Crippen LogP contribution in [0, 0.1) is 6.92 Å². The highest BCUT2D eigenvalue weighted by molar-refractivity contribution is 8.06. The molecule has 9 nitrogen and oxygen atoms in total. The molecule has 0 radical (unpaired) electrons. The van der Waals surface area contributed by atoms with Crippen molar-refractivity contribution in [3.63, 3.8) is 0 Å². The molecule has 1 aromatic heterocycles. The van der Waals surface area contributed by atoms with E-state index in [-0.39, 0.29) is 5.28 Å². The zero-order chi connectivity index (χ0) is 22.8. The quantitative estimate of drug-likeness (QED) is 0.242. The number of aromatic nitrogens is 2. The molecule has 0 bridgehead atoms. The molecule has 0 aromatic carbocycles. The Bertz CT molecular complexity index is 516. The fourth-order valence-corrected chi connectivity index (χ4v) is 1.13. The summed E-state index contributed by atoms with van der Waals surface area (Å²) >= 11 is 12.9. The van der Waals surface area contributed by atoms with Crippen LogP contribution in [0.5, 0.6) is 0 Å². The second-order valence-electron chi connectivity index (χ2n) is 4.70. The van der Waals surface area contributed by atoms with Crippen LogP contribution >= 0.6 is 25.0 Å². The van der Waals surface area contributed by atoms with E-state index in [1.54, 1.807) is 0 Å². The predicted octanol–water partition coefficient (Wildman–Crippen LogP) is 3.08. The Hall–Kier alpha value is 0.230. The minimum Gasteiger partial charge on any atom is -0.368 e. The summed E-state index contributed by atoms with van der Waals surface area (Å²) in [5.74, 6) is 0.780. The van der Waals surface area contributed by atoms with E-state index in [2.05, 4.69) is 52.7 Å². The molecule has 0 unspecified atom stereocenters. The van der Waals surface area contributed by atoms with E-state index in [0.29, 0.717) is 6.04 Å². The van der Waals surface area contributed by atoms with Crippen molar-refractivity contribution in [2.24, 2.45) is 0 Å². The highest BCUT2D eigenvalue weighted by Gasteiger charge is 2.00. The summed E-state index contributed by atoms with van der Waals surface area (Å²) in [6, 6.07) is 2.22. The molecule has 27 heavy (non-hydrogen) atoms. The summed E-state index contributed by atoms with van der Waals surface area (Å²) in [4.78, 5) is 53.3. The lowest BCUT2D eigenvalue weighted by Crippen LogP contribution is -2.11. The Labute approximate surface area is 177 Å². The van der Waals surface area contributed by atoms with Crippen molar-refractivity contribution in [3.05, 3.63) is 17.0 Å². The molecular formula is C13H32ClN3O6P2S2. The number of anilines is 1. The Balaban J connectivity index is -0.000000148. The molecule has 1 heterocycles. The monoisotopic (exact) mass is 487 g/mol. The topological polar surface area (TPSA) is 159 Å². The molecule has 1 rings (SSSR count). The molecule has 0 saturated heterocycles. The fraction of sp³-hybridized carbons (Fsp3) is 0.692. The normalized spacial score (nSPS) is 9.89. The van der Waals surface area contributed by atoms with Crippen LogP contribution < -0.4 is 5.32 Å². The van der Waals surface area contributed by atoms with Crippen molar-refractivity contribution in [2.45, 2.75) is 60.9 Å². The lowest BCUT2D eigenvalue weighted by atomic mass is 10.3. The van der Waals surface area contributed by atoms with Gasteiger partial charge in [0.15, 0.2) is 0 Å². The summed E-state index contributed by atoms with van der Waals surface area (Å²) in [6.45, 7) is 6.62. The average Bonchev–Trinajstić information content (AvgIpc) is 2.35. The number of rotatable bonds is 2. The van der Waals surface area contributed by atoms with Gasteiger partial charge in [-0.15, -0.1) is 0 Å². The second kappa shape index (κ2) is 19.5. The molecule has 0 aliphatic heterocycles. The lowest BCUT2D eigenvalue weighted by molar-refractivity contribution is 0.361. The third-order valence-electron chi connectivity index (χ3n) is 1.26. The van der Waals surface area contributed by atoms with Gasteiger partial charge in [0, 0.05) is 17.8 Å². The summed E-state index contributed by atoms with van der Waals surface area (Å²) in [5, 5.41) is 3.44. The van der Waals surface area contributed by atoms with Gasteiger partial charge in [0.25, 0.3) is 0 Å². The Morgan fingerprint density at radius 2 is 1.30 bits per heavy atom. The first kappa shape index (κ1) is 34.7. The molecule has 14 heteroatoms. The van der Waals surface area contributed by atoms with Gasteiger partial charge in [0.05, 0.1) is 0 Å². The first-order chi connectivity index (χ1) is 12.0. The minimum absolute atomic E-state index is 0.290. The van der Waals surface area contributed by atoms with Crippen LogP contribution in [0.2, 0.25) is 5.28 Å². The Morgan fingerprint density at radius 1 is 1.00 bits per heavy atom. The third kappa shape index (κ3) is 58.5. The third-order valence-corrected chi connectivity index (χ3v) is 1.43. The van der Waals surface area contributed by atoms with Crippen molar-refractivity contribution in [1.82, 2.24) is 9.97 Å². The zero-order valence-electron chi connectivity index (χ0n) is 16.5. The molecular weight excluding hydrogens is 456 g/mol. The standard InChI is InChI=1S/C8H12ClN3.C3H8.C2H6.2H3O3PS/c1-5(2)10-7-4-6(3)11-8(9)12-7;1-3-2;1-2;2*1-4(2,3)5/h4-5H,1-3H3,(H,10,11,12);3H2,1-2H3;1-2H3;2*(H3,1,2,3,5). The maximum absolute atomic E-state index is 7.56. The SMILES string of the molecule is CC.CCC.Cc1cc(NC(C)C)nc(Cl)n1.OP(O)(O)=S.OP(O)(O)=S. The maximum atomic E-state index is 7.56. The molecule has 0 saturated carbocycles. The second-order valence-corrected chi connectivity index (χ2v) is 10.0. The van der Waals surface area contributed by atoms with Crippen LogP contribution in [0.4, 0.5) is 5.82 Å². The molecule has 0 spiro atoms. The van der Waals surface area contributed by atoms with Crippen LogP contribution in [-0.2, 0) is 23.6 Å². The highest BCUT2D eigenvalue weighted by atomic mass is 35.5. The van der Waals surface area contributed by atoms with E-state index in [4.69, 9.17) is 41.0 Å². The molecule has 0 amide bonds. The van der Waals surface area contributed by atoms with Crippen molar-refractivity contribution < 1.29 is 29.4 Å². The number of hydrogen-bond donors (Lipinski definition) is 7. The number of halogens is 1. The van der Waals surface area contributed by atoms with E-state index >= 15 is 0 Å². The van der Waals surface area contributed by atoms with Gasteiger partial charge in [-0.25, -0.2) is 9.97 Å². The first-order valence-electron chi connectivity index (χ1n) is 7.83. The van der Waals surface area contributed by atoms with Gasteiger partial charge >= 0.3 is 13.4 Å². The molecule has 0 atom stereocenters. The van der Waals surface area contributed by atoms with E-state index in [1.807, 2.05) is 40.7 Å². The van der Waals surface area contributed by atoms with Crippen LogP contribution in [0.3, 0.4) is 0 Å². The van der Waals surface area contributed by atoms with Crippen molar-refractivity contribution >= 4 is 54.5 Å². The average molecular weight is 488 g/mol. The van der Waals surface area contributed by atoms with Gasteiger partial charge in [0.2, 0.25) is 5.28 Å². The van der Waals surface area contributed by atoms with Crippen molar-refractivity contribution in [2.75, 3.05) is 5.32 Å². The maximum Gasteiger partial charge on any atom is 0.319 e. The van der Waals surface area contributed by atoms with E-state index in [0.717, 1.165) is 11.5 Å². The zero-order valence-corrected chi connectivity index (χ0v) is 20.7. The molecule has 0 aliphatic carbocycles. The summed E-state index contributed by atoms with van der Waals surface area (Å²) in [5.41, 5.74) is 0.873. The number of aryl methyl sites for hydroxylation is 1. The smallest absolute Gasteiger partial charge is 0.319 e. The van der Waals surface area contributed by atoms with Crippen molar-refractivity contribution in [3.8, 4) is 0 Å². The van der Waals surface area contributed by atoms with Crippen LogP contribution in [0.15, 0.2) is 6.07 Å². The lowest BCUT2D eigenvalue weighted by Gasteiger charge is -2.08. The van der Waals surface area contributed by atoms with E-state index in [1.165, 1.54) is 6.42 Å². The summed E-state index contributed by atoms with van der Waals surface area (Å²) in [7, 11) is 0. The molecule has 0 aliphatic rings. The van der Waals surface area contributed by atoms with Gasteiger partial charge < -0.3 is 34.7 Å².